The standard InChI is InChI=1S/C34H30NOP2/c1-2-34(28-35,38(36,32-24-14-6-15-25-32)33-26-16-7-17-27-33)37(29-18-8-3-9-19-29,30-20-10-4-11-21-30)31-22-12-5-13-23-31/h3-27H,2H2,1H3/q+1/t34-/m0/s1. The fraction of sp³-hybridized carbons (Fsp3) is 0.0882. The summed E-state index contributed by atoms with van der Waals surface area (Å²) in [4.78, 5) is -1.26. The molecule has 5 aromatic carbocycles. The Morgan fingerprint density at radius 2 is 0.868 bits per heavy atom. The molecule has 0 bridgehead atoms. The minimum Gasteiger partial charge on any atom is -0.308 e. The van der Waals surface area contributed by atoms with E-state index in [1.54, 1.807) is 0 Å². The molecule has 38 heavy (non-hydrogen) atoms. The first-order valence-corrected chi connectivity index (χ1v) is 16.3. The van der Waals surface area contributed by atoms with Crippen molar-refractivity contribution in [3.63, 3.8) is 0 Å². The van der Waals surface area contributed by atoms with E-state index in [0.717, 1.165) is 15.9 Å². The molecule has 5 rings (SSSR count). The first-order chi connectivity index (χ1) is 18.6. The molecule has 0 aliphatic heterocycles. The summed E-state index contributed by atoms with van der Waals surface area (Å²) in [7, 11) is -6.47. The van der Waals surface area contributed by atoms with Crippen LogP contribution in [0.5, 0.6) is 0 Å². The first-order valence-electron chi connectivity index (χ1n) is 12.8. The van der Waals surface area contributed by atoms with Crippen molar-refractivity contribution < 1.29 is 4.57 Å². The predicted octanol–water partition coefficient (Wildman–Crippen LogP) is 6.62. The van der Waals surface area contributed by atoms with Crippen LogP contribution in [0.2, 0.25) is 0 Å². The number of rotatable bonds is 8. The zero-order chi connectivity index (χ0) is 26.5. The average Bonchev–Trinajstić information content (AvgIpc) is 3.02. The highest BCUT2D eigenvalue weighted by atomic mass is 31.2. The van der Waals surface area contributed by atoms with Crippen LogP contribution in [-0.4, -0.2) is 4.90 Å². The van der Waals surface area contributed by atoms with Gasteiger partial charge in [-0.15, -0.1) is 0 Å². The molecule has 0 fully saturated rings. The third kappa shape index (κ3) is 3.87. The van der Waals surface area contributed by atoms with Crippen LogP contribution in [0, 0.1) is 11.3 Å². The molecule has 0 heterocycles. The third-order valence-corrected chi connectivity index (χ3v) is 17.4. The Kier molecular flexibility index (Phi) is 7.44. The zero-order valence-electron chi connectivity index (χ0n) is 21.4. The predicted molar refractivity (Wildman–Crippen MR) is 164 cm³/mol. The van der Waals surface area contributed by atoms with E-state index >= 15 is 4.57 Å². The normalized spacial score (nSPS) is 13.3. The zero-order valence-corrected chi connectivity index (χ0v) is 23.2. The van der Waals surface area contributed by atoms with Gasteiger partial charge in [-0.1, -0.05) is 122 Å². The van der Waals surface area contributed by atoms with E-state index in [-0.39, 0.29) is 0 Å². The lowest BCUT2D eigenvalue weighted by Crippen LogP contribution is -2.50. The highest BCUT2D eigenvalue weighted by Gasteiger charge is 2.71. The Bertz CT molecular complexity index is 1430. The van der Waals surface area contributed by atoms with Crippen LogP contribution < -0.4 is 26.5 Å². The van der Waals surface area contributed by atoms with Crippen molar-refractivity contribution in [3.8, 4) is 6.07 Å². The molecule has 0 aliphatic rings. The summed E-state index contributed by atoms with van der Waals surface area (Å²) in [5.74, 6) is 0. The van der Waals surface area contributed by atoms with Gasteiger partial charge in [0.2, 0.25) is 4.90 Å². The van der Waals surface area contributed by atoms with Crippen LogP contribution in [0.4, 0.5) is 0 Å². The lowest BCUT2D eigenvalue weighted by Gasteiger charge is -2.44. The molecule has 0 saturated carbocycles. The third-order valence-electron chi connectivity index (χ3n) is 7.42. The topological polar surface area (TPSA) is 40.9 Å². The highest BCUT2D eigenvalue weighted by molar-refractivity contribution is 8.06. The van der Waals surface area contributed by atoms with Gasteiger partial charge < -0.3 is 4.57 Å². The SMILES string of the molecule is CC[C@@](C#N)(P(=O)(c1ccccc1)c1ccccc1)[P+](c1ccccc1)(c1ccccc1)c1ccccc1. The number of hydrogen-bond acceptors (Lipinski definition) is 2. The molecule has 2 nitrogen and oxygen atoms in total. The molecular weight excluding hydrogens is 500 g/mol. The first kappa shape index (κ1) is 25.9. The Morgan fingerprint density at radius 1 is 0.579 bits per heavy atom. The van der Waals surface area contributed by atoms with Crippen LogP contribution in [0.15, 0.2) is 152 Å². The molecule has 0 saturated heterocycles. The number of hydrogen-bond donors (Lipinski definition) is 0. The molecule has 0 aliphatic carbocycles. The summed E-state index contributed by atoms with van der Waals surface area (Å²) in [6.07, 6.45) is 0.414. The molecule has 5 aromatic rings. The maximum Gasteiger partial charge on any atom is 0.236 e. The van der Waals surface area contributed by atoms with Crippen molar-refractivity contribution in [2.45, 2.75) is 18.2 Å². The van der Waals surface area contributed by atoms with E-state index in [1.807, 2.05) is 122 Å². The number of nitrogens with zero attached hydrogens (tertiary/aromatic N) is 1. The van der Waals surface area contributed by atoms with Crippen LogP contribution >= 0.6 is 14.4 Å². The maximum atomic E-state index is 16.3. The fourth-order valence-electron chi connectivity index (χ4n) is 5.79. The van der Waals surface area contributed by atoms with Crippen molar-refractivity contribution >= 4 is 40.9 Å². The van der Waals surface area contributed by atoms with Crippen molar-refractivity contribution in [1.82, 2.24) is 0 Å². The van der Waals surface area contributed by atoms with E-state index < -0.39 is 19.3 Å². The maximum absolute atomic E-state index is 16.3. The van der Waals surface area contributed by atoms with Gasteiger partial charge in [0.1, 0.15) is 29.2 Å². The molecule has 0 aromatic heterocycles. The van der Waals surface area contributed by atoms with Crippen molar-refractivity contribution in [1.29, 1.82) is 5.26 Å². The number of nitriles is 1. The summed E-state index contributed by atoms with van der Waals surface area (Å²) in [6, 6.07) is 53.1. The van der Waals surface area contributed by atoms with E-state index in [4.69, 9.17) is 0 Å². The van der Waals surface area contributed by atoms with Gasteiger partial charge in [-0.05, 0) is 36.4 Å². The van der Waals surface area contributed by atoms with E-state index in [9.17, 15) is 5.26 Å². The summed E-state index contributed by atoms with van der Waals surface area (Å²) < 4.78 is 16.3. The lowest BCUT2D eigenvalue weighted by molar-refractivity contribution is 0.578. The molecular formula is C34H30NOP2+. The molecule has 1 atom stereocenters. The van der Waals surface area contributed by atoms with Crippen LogP contribution in [0.25, 0.3) is 0 Å². The minimum atomic E-state index is -3.59. The smallest absolute Gasteiger partial charge is 0.236 e. The summed E-state index contributed by atoms with van der Waals surface area (Å²) in [6.45, 7) is 2.03. The van der Waals surface area contributed by atoms with Crippen LogP contribution in [-0.2, 0) is 4.57 Å². The van der Waals surface area contributed by atoms with Gasteiger partial charge in [0.05, 0.1) is 0 Å². The molecule has 0 unspecified atom stereocenters. The van der Waals surface area contributed by atoms with E-state index in [2.05, 4.69) is 42.5 Å². The van der Waals surface area contributed by atoms with Gasteiger partial charge >= 0.3 is 0 Å². The van der Waals surface area contributed by atoms with Gasteiger partial charge in [-0.25, -0.2) is 0 Å². The van der Waals surface area contributed by atoms with Gasteiger partial charge in [-0.3, -0.25) is 0 Å². The second-order valence-electron chi connectivity index (χ2n) is 9.24. The van der Waals surface area contributed by atoms with Crippen LogP contribution in [0.3, 0.4) is 0 Å². The van der Waals surface area contributed by atoms with Gasteiger partial charge in [0.15, 0.2) is 7.14 Å². The van der Waals surface area contributed by atoms with Gasteiger partial charge in [0.25, 0.3) is 0 Å². The second-order valence-corrected chi connectivity index (χ2v) is 16.3. The monoisotopic (exact) mass is 530 g/mol. The quantitative estimate of drug-likeness (QED) is 0.212. The molecule has 0 spiro atoms. The summed E-state index contributed by atoms with van der Waals surface area (Å²) in [5, 5.41) is 16.1. The van der Waals surface area contributed by atoms with E-state index in [1.165, 1.54) is 0 Å². The Hall–Kier alpha value is -3.75. The lowest BCUT2D eigenvalue weighted by atomic mass is 10.3. The number of benzene rings is 5. The largest absolute Gasteiger partial charge is 0.308 e. The minimum absolute atomic E-state index is 0.414. The Morgan fingerprint density at radius 3 is 1.13 bits per heavy atom. The Balaban J connectivity index is 2.05. The van der Waals surface area contributed by atoms with Gasteiger partial charge in [0, 0.05) is 17.0 Å². The van der Waals surface area contributed by atoms with E-state index in [0.29, 0.717) is 17.0 Å². The fourth-order valence-corrected chi connectivity index (χ4v) is 16.8. The van der Waals surface area contributed by atoms with Crippen molar-refractivity contribution in [3.05, 3.63) is 152 Å². The van der Waals surface area contributed by atoms with Gasteiger partial charge in [-0.2, -0.15) is 5.26 Å². The second kappa shape index (κ2) is 10.9. The molecule has 0 amide bonds. The molecule has 4 heteroatoms. The molecule has 0 N–H and O–H groups in total. The Labute approximate surface area is 226 Å². The molecule has 0 radical (unpaired) electrons. The average molecular weight is 531 g/mol. The highest BCUT2D eigenvalue weighted by Crippen LogP contribution is 2.80. The summed E-state index contributed by atoms with van der Waals surface area (Å²) >= 11 is 0. The molecule has 186 valence electrons. The van der Waals surface area contributed by atoms with Crippen LogP contribution in [0.1, 0.15) is 13.3 Å². The summed E-state index contributed by atoms with van der Waals surface area (Å²) in [5.41, 5.74) is 0. The van der Waals surface area contributed by atoms with Crippen molar-refractivity contribution in [2.24, 2.45) is 0 Å². The van der Waals surface area contributed by atoms with Crippen molar-refractivity contribution in [2.75, 3.05) is 0 Å².